The van der Waals surface area contributed by atoms with Crippen LogP contribution in [-0.2, 0) is 9.53 Å². The smallest absolute Gasteiger partial charge is 0.335 e. The lowest BCUT2D eigenvalue weighted by Gasteiger charge is -2.10. The third kappa shape index (κ3) is 4.56. The summed E-state index contributed by atoms with van der Waals surface area (Å²) < 4.78 is 4.73. The molecule has 11 heavy (non-hydrogen) atoms. The predicted molar refractivity (Wildman–Crippen MR) is 42.0 cm³/mol. The number of aliphatic hydroxyl groups excluding tert-OH is 1. The molecular weight excluding hydrogens is 144 g/mol. The molecule has 1 N–H and O–H groups in total. The number of aliphatic hydroxyl groups is 1. The summed E-state index contributed by atoms with van der Waals surface area (Å²) in [7, 11) is 0. The van der Waals surface area contributed by atoms with Gasteiger partial charge in [-0.3, -0.25) is 0 Å². The fourth-order valence-corrected chi connectivity index (χ4v) is 0.565. The highest BCUT2D eigenvalue weighted by atomic mass is 16.6. The Hall–Kier alpha value is -0.830. The molecular formula is C8H14O3. The van der Waals surface area contributed by atoms with Crippen LogP contribution in [0.15, 0.2) is 12.7 Å². The lowest BCUT2D eigenvalue weighted by Crippen LogP contribution is -2.25. The molecule has 0 aromatic carbocycles. The molecule has 0 aliphatic rings. The highest BCUT2D eigenvalue weighted by molar-refractivity contribution is 5.74. The summed E-state index contributed by atoms with van der Waals surface area (Å²) in [4.78, 5) is 10.8. The van der Waals surface area contributed by atoms with Gasteiger partial charge in [-0.25, -0.2) is 4.79 Å². The second kappa shape index (κ2) is 4.91. The van der Waals surface area contributed by atoms with Crippen molar-refractivity contribution in [2.75, 3.05) is 0 Å². The summed E-state index contributed by atoms with van der Waals surface area (Å²) in [6, 6.07) is 0. The van der Waals surface area contributed by atoms with E-state index in [1.165, 1.54) is 6.08 Å². The number of hydrogen-bond acceptors (Lipinski definition) is 3. The zero-order valence-electron chi connectivity index (χ0n) is 6.91. The van der Waals surface area contributed by atoms with Crippen molar-refractivity contribution in [2.24, 2.45) is 0 Å². The van der Waals surface area contributed by atoms with Crippen LogP contribution in [0, 0.1) is 0 Å². The molecule has 0 unspecified atom stereocenters. The first-order valence-corrected chi connectivity index (χ1v) is 3.57. The van der Waals surface area contributed by atoms with Crippen molar-refractivity contribution in [3.63, 3.8) is 0 Å². The van der Waals surface area contributed by atoms with Crippen LogP contribution in [0.1, 0.15) is 20.3 Å². The Labute approximate surface area is 66.7 Å². The first-order chi connectivity index (χ1) is 5.07. The molecule has 3 nitrogen and oxygen atoms in total. The molecule has 0 saturated carbocycles. The highest BCUT2D eigenvalue weighted by Gasteiger charge is 2.15. The van der Waals surface area contributed by atoms with Gasteiger partial charge in [0.15, 0.2) is 6.10 Å². The van der Waals surface area contributed by atoms with Crippen molar-refractivity contribution in [3.05, 3.63) is 12.7 Å². The quantitative estimate of drug-likeness (QED) is 0.488. The van der Waals surface area contributed by atoms with Gasteiger partial charge >= 0.3 is 5.97 Å². The summed E-state index contributed by atoms with van der Waals surface area (Å²) >= 11 is 0. The summed E-state index contributed by atoms with van der Waals surface area (Å²) in [6.07, 6.45) is 0.481. The number of carbonyl (C=O) groups excluding carboxylic acids is 1. The normalized spacial score (nSPS) is 12.7. The summed E-state index contributed by atoms with van der Waals surface area (Å²) in [5, 5.41) is 9.02. The molecule has 0 aromatic heterocycles. The minimum Gasteiger partial charge on any atom is -0.461 e. The molecule has 0 heterocycles. The maximum absolute atomic E-state index is 10.8. The van der Waals surface area contributed by atoms with Gasteiger partial charge in [0, 0.05) is 6.42 Å². The van der Waals surface area contributed by atoms with E-state index in [2.05, 4.69) is 6.58 Å². The number of hydrogen-bond donors (Lipinski definition) is 1. The first kappa shape index (κ1) is 10.2. The molecule has 0 aliphatic heterocycles. The molecule has 0 rings (SSSR count). The van der Waals surface area contributed by atoms with E-state index < -0.39 is 12.1 Å². The molecule has 0 aromatic rings. The Bertz CT molecular complexity index is 140. The zero-order chi connectivity index (χ0) is 8.85. The van der Waals surface area contributed by atoms with Crippen LogP contribution in [0.4, 0.5) is 0 Å². The van der Waals surface area contributed by atoms with E-state index in [1.807, 2.05) is 0 Å². The van der Waals surface area contributed by atoms with Crippen molar-refractivity contribution < 1.29 is 14.6 Å². The van der Waals surface area contributed by atoms with Gasteiger partial charge < -0.3 is 9.84 Å². The summed E-state index contributed by atoms with van der Waals surface area (Å²) in [5.74, 6) is -0.583. The third-order valence-electron chi connectivity index (χ3n) is 1.01. The van der Waals surface area contributed by atoms with Crippen LogP contribution < -0.4 is 0 Å². The number of ether oxygens (including phenoxy) is 1. The van der Waals surface area contributed by atoms with Gasteiger partial charge in [0.1, 0.15) is 0 Å². The zero-order valence-corrected chi connectivity index (χ0v) is 6.91. The maximum Gasteiger partial charge on any atom is 0.335 e. The molecule has 0 aliphatic carbocycles. The van der Waals surface area contributed by atoms with Gasteiger partial charge in [-0.05, 0) is 13.8 Å². The SMILES string of the molecule is C=CC[C@@H](O)C(=O)OC(C)C. The van der Waals surface area contributed by atoms with Crippen LogP contribution in [0.2, 0.25) is 0 Å². The van der Waals surface area contributed by atoms with Gasteiger partial charge in [-0.1, -0.05) is 6.08 Å². The van der Waals surface area contributed by atoms with Crippen molar-refractivity contribution in [1.82, 2.24) is 0 Å². The highest BCUT2D eigenvalue weighted by Crippen LogP contribution is 1.98. The number of carbonyl (C=O) groups is 1. The average molecular weight is 158 g/mol. The Morgan fingerprint density at radius 2 is 2.27 bits per heavy atom. The van der Waals surface area contributed by atoms with E-state index >= 15 is 0 Å². The number of esters is 1. The molecule has 64 valence electrons. The Balaban J connectivity index is 3.72. The van der Waals surface area contributed by atoms with Gasteiger partial charge in [0.2, 0.25) is 0 Å². The van der Waals surface area contributed by atoms with E-state index in [0.29, 0.717) is 0 Å². The lowest BCUT2D eigenvalue weighted by molar-refractivity contribution is -0.157. The maximum atomic E-state index is 10.8. The van der Waals surface area contributed by atoms with Gasteiger partial charge in [0.05, 0.1) is 6.10 Å². The molecule has 0 fully saturated rings. The topological polar surface area (TPSA) is 46.5 Å². The summed E-state index contributed by atoms with van der Waals surface area (Å²) in [5.41, 5.74) is 0. The molecule has 0 bridgehead atoms. The van der Waals surface area contributed by atoms with Crippen molar-refractivity contribution in [2.45, 2.75) is 32.5 Å². The molecule has 3 heteroatoms. The monoisotopic (exact) mass is 158 g/mol. The van der Waals surface area contributed by atoms with Crippen LogP contribution in [0.5, 0.6) is 0 Å². The molecule has 0 radical (unpaired) electrons. The van der Waals surface area contributed by atoms with Crippen molar-refractivity contribution in [1.29, 1.82) is 0 Å². The minimum absolute atomic E-state index is 0.179. The first-order valence-electron chi connectivity index (χ1n) is 3.57. The second-order valence-corrected chi connectivity index (χ2v) is 2.53. The minimum atomic E-state index is -1.06. The van der Waals surface area contributed by atoms with Gasteiger partial charge in [-0.2, -0.15) is 0 Å². The Morgan fingerprint density at radius 3 is 2.64 bits per heavy atom. The van der Waals surface area contributed by atoms with E-state index in [9.17, 15) is 4.79 Å². The lowest BCUT2D eigenvalue weighted by atomic mass is 10.2. The largest absolute Gasteiger partial charge is 0.461 e. The standard InChI is InChI=1S/C8H14O3/c1-4-5-7(9)8(10)11-6(2)3/h4,6-7,9H,1,5H2,2-3H3/t7-/m1/s1. The van der Waals surface area contributed by atoms with Crippen molar-refractivity contribution >= 4 is 5.97 Å². The molecule has 1 atom stereocenters. The van der Waals surface area contributed by atoms with Crippen LogP contribution in [0.25, 0.3) is 0 Å². The summed E-state index contributed by atoms with van der Waals surface area (Å²) in [6.45, 7) is 6.86. The Morgan fingerprint density at radius 1 is 1.73 bits per heavy atom. The third-order valence-corrected chi connectivity index (χ3v) is 1.01. The van der Waals surface area contributed by atoms with Crippen LogP contribution in [0.3, 0.4) is 0 Å². The molecule has 0 amide bonds. The van der Waals surface area contributed by atoms with E-state index in [0.717, 1.165) is 0 Å². The fraction of sp³-hybridized carbons (Fsp3) is 0.625. The fourth-order valence-electron chi connectivity index (χ4n) is 0.565. The van der Waals surface area contributed by atoms with Gasteiger partial charge in [0.25, 0.3) is 0 Å². The molecule has 0 spiro atoms. The number of rotatable bonds is 4. The van der Waals surface area contributed by atoms with Gasteiger partial charge in [-0.15, -0.1) is 6.58 Å². The molecule has 0 saturated heterocycles. The van der Waals surface area contributed by atoms with E-state index in [4.69, 9.17) is 9.84 Å². The van der Waals surface area contributed by atoms with E-state index in [1.54, 1.807) is 13.8 Å². The second-order valence-electron chi connectivity index (χ2n) is 2.53. The van der Waals surface area contributed by atoms with Crippen LogP contribution in [-0.4, -0.2) is 23.3 Å². The van der Waals surface area contributed by atoms with Crippen molar-refractivity contribution in [3.8, 4) is 0 Å². The van der Waals surface area contributed by atoms with Crippen LogP contribution >= 0.6 is 0 Å². The predicted octanol–water partition coefficient (Wildman–Crippen LogP) is 0.875. The Kier molecular flexibility index (Phi) is 4.54. The van der Waals surface area contributed by atoms with E-state index in [-0.39, 0.29) is 12.5 Å². The average Bonchev–Trinajstić information content (AvgIpc) is 1.86.